The van der Waals surface area contributed by atoms with Gasteiger partial charge in [0.1, 0.15) is 5.75 Å². The van der Waals surface area contributed by atoms with E-state index in [0.717, 1.165) is 24.3 Å². The molecule has 104 valence electrons. The fourth-order valence-corrected chi connectivity index (χ4v) is 2.36. The van der Waals surface area contributed by atoms with Crippen LogP contribution in [0.2, 0.25) is 0 Å². The Bertz CT molecular complexity index is 457. The smallest absolute Gasteiger partial charge is 0.263 e. The zero-order valence-corrected chi connectivity index (χ0v) is 11.8. The Kier molecular flexibility index (Phi) is 3.98. The van der Waals surface area contributed by atoms with E-state index in [-0.39, 0.29) is 11.4 Å². The predicted octanol–water partition coefficient (Wildman–Crippen LogP) is 2.55. The largest absolute Gasteiger partial charge is 0.477 e. The minimum absolute atomic E-state index is 0.0551. The van der Waals surface area contributed by atoms with Crippen molar-refractivity contribution in [2.45, 2.75) is 45.3 Å². The van der Waals surface area contributed by atoms with E-state index in [0.29, 0.717) is 6.54 Å². The molecule has 1 unspecified atom stereocenters. The van der Waals surface area contributed by atoms with Crippen LogP contribution in [0.25, 0.3) is 0 Å². The summed E-state index contributed by atoms with van der Waals surface area (Å²) in [4.78, 5) is 12.2. The maximum atomic E-state index is 12.2. The summed E-state index contributed by atoms with van der Waals surface area (Å²) < 4.78 is 5.74. The summed E-state index contributed by atoms with van der Waals surface area (Å²) in [6, 6.07) is 7.67. The molecule has 1 aliphatic heterocycles. The highest BCUT2D eigenvalue weighted by molar-refractivity contribution is 5.83. The van der Waals surface area contributed by atoms with Crippen LogP contribution in [0.15, 0.2) is 24.3 Å². The first-order chi connectivity index (χ1) is 9.02. The number of carbonyl (C=O) groups is 1. The van der Waals surface area contributed by atoms with Crippen LogP contribution in [-0.2, 0) is 4.79 Å². The lowest BCUT2D eigenvalue weighted by Gasteiger charge is -2.31. The molecular formula is C15H22N2O2. The highest BCUT2D eigenvalue weighted by Crippen LogP contribution is 2.28. The first kappa shape index (κ1) is 13.7. The summed E-state index contributed by atoms with van der Waals surface area (Å²) >= 11 is 0. The molecule has 1 aromatic carbocycles. The molecular weight excluding hydrogens is 240 g/mol. The van der Waals surface area contributed by atoms with Crippen molar-refractivity contribution >= 4 is 11.6 Å². The van der Waals surface area contributed by atoms with E-state index in [9.17, 15) is 4.79 Å². The molecule has 1 heterocycles. The van der Waals surface area contributed by atoms with Gasteiger partial charge in [-0.05, 0) is 32.4 Å². The third-order valence-electron chi connectivity index (χ3n) is 3.26. The van der Waals surface area contributed by atoms with Gasteiger partial charge < -0.3 is 15.4 Å². The van der Waals surface area contributed by atoms with Crippen molar-refractivity contribution in [1.29, 1.82) is 0 Å². The van der Waals surface area contributed by atoms with Crippen LogP contribution in [0, 0.1) is 0 Å². The molecule has 0 spiro atoms. The molecule has 1 aliphatic rings. The zero-order chi connectivity index (χ0) is 13.9. The minimum Gasteiger partial charge on any atom is -0.477 e. The van der Waals surface area contributed by atoms with E-state index in [2.05, 4.69) is 17.6 Å². The van der Waals surface area contributed by atoms with E-state index in [1.54, 1.807) is 0 Å². The standard InChI is InChI=1S/C15H22N2O2/c1-4-9-15(2,3)17-14(18)13-10-16-11-7-5-6-8-12(11)19-13/h5-8,13,16H,4,9-10H2,1-3H3,(H,17,18). The second-order valence-corrected chi connectivity index (χ2v) is 5.61. The van der Waals surface area contributed by atoms with Crippen LogP contribution in [0.1, 0.15) is 33.6 Å². The summed E-state index contributed by atoms with van der Waals surface area (Å²) in [5.41, 5.74) is 0.756. The van der Waals surface area contributed by atoms with Crippen molar-refractivity contribution in [3.8, 4) is 5.75 Å². The molecule has 4 heteroatoms. The van der Waals surface area contributed by atoms with Crippen molar-refractivity contribution in [3.05, 3.63) is 24.3 Å². The maximum absolute atomic E-state index is 12.2. The molecule has 0 aromatic heterocycles. The summed E-state index contributed by atoms with van der Waals surface area (Å²) in [6.07, 6.45) is 1.53. The minimum atomic E-state index is -0.467. The van der Waals surface area contributed by atoms with Crippen LogP contribution in [0.5, 0.6) is 5.75 Å². The van der Waals surface area contributed by atoms with E-state index >= 15 is 0 Å². The van der Waals surface area contributed by atoms with Gasteiger partial charge in [0.2, 0.25) is 0 Å². The average molecular weight is 262 g/mol. The fraction of sp³-hybridized carbons (Fsp3) is 0.533. The number of benzene rings is 1. The first-order valence-corrected chi connectivity index (χ1v) is 6.83. The molecule has 0 saturated heterocycles. The van der Waals surface area contributed by atoms with E-state index in [1.807, 2.05) is 38.1 Å². The number of anilines is 1. The average Bonchev–Trinajstić information content (AvgIpc) is 2.37. The molecule has 0 fully saturated rings. The molecule has 0 saturated carbocycles. The predicted molar refractivity (Wildman–Crippen MR) is 76.5 cm³/mol. The first-order valence-electron chi connectivity index (χ1n) is 6.83. The monoisotopic (exact) mass is 262 g/mol. The number of amides is 1. The number of nitrogens with one attached hydrogen (secondary N) is 2. The number of carbonyl (C=O) groups excluding carboxylic acids is 1. The zero-order valence-electron chi connectivity index (χ0n) is 11.8. The van der Waals surface area contributed by atoms with E-state index < -0.39 is 6.10 Å². The molecule has 0 radical (unpaired) electrons. The number of rotatable bonds is 4. The van der Waals surface area contributed by atoms with Gasteiger partial charge in [-0.25, -0.2) is 0 Å². The van der Waals surface area contributed by atoms with Gasteiger partial charge in [-0.3, -0.25) is 4.79 Å². The third kappa shape index (κ3) is 3.40. The normalized spacial score (nSPS) is 17.9. The number of hydrogen-bond donors (Lipinski definition) is 2. The lowest BCUT2D eigenvalue weighted by molar-refractivity contribution is -0.129. The highest BCUT2D eigenvalue weighted by atomic mass is 16.5. The van der Waals surface area contributed by atoms with Gasteiger partial charge in [0.05, 0.1) is 12.2 Å². The Hall–Kier alpha value is -1.71. The Labute approximate surface area is 114 Å². The van der Waals surface area contributed by atoms with Gasteiger partial charge in [-0.2, -0.15) is 0 Å². The Morgan fingerprint density at radius 1 is 1.47 bits per heavy atom. The second-order valence-electron chi connectivity index (χ2n) is 5.61. The lowest BCUT2D eigenvalue weighted by atomic mass is 9.98. The quantitative estimate of drug-likeness (QED) is 0.876. The molecule has 1 atom stereocenters. The lowest BCUT2D eigenvalue weighted by Crippen LogP contribution is -2.52. The molecule has 0 bridgehead atoms. The molecule has 2 rings (SSSR count). The summed E-state index contributed by atoms with van der Waals surface area (Å²) in [7, 11) is 0. The Morgan fingerprint density at radius 2 is 2.21 bits per heavy atom. The van der Waals surface area contributed by atoms with Gasteiger partial charge in [0.15, 0.2) is 6.10 Å². The van der Waals surface area contributed by atoms with Crippen molar-refractivity contribution in [2.24, 2.45) is 0 Å². The van der Waals surface area contributed by atoms with Crippen molar-refractivity contribution < 1.29 is 9.53 Å². The Balaban J connectivity index is 1.99. The molecule has 1 amide bonds. The van der Waals surface area contributed by atoms with Crippen LogP contribution in [0.4, 0.5) is 5.69 Å². The van der Waals surface area contributed by atoms with Crippen molar-refractivity contribution in [1.82, 2.24) is 5.32 Å². The van der Waals surface area contributed by atoms with Gasteiger partial charge in [0, 0.05) is 5.54 Å². The van der Waals surface area contributed by atoms with Crippen LogP contribution in [-0.4, -0.2) is 24.1 Å². The van der Waals surface area contributed by atoms with Gasteiger partial charge in [0.25, 0.3) is 5.91 Å². The number of hydrogen-bond acceptors (Lipinski definition) is 3. The van der Waals surface area contributed by atoms with E-state index in [4.69, 9.17) is 4.74 Å². The summed E-state index contributed by atoms with van der Waals surface area (Å²) in [6.45, 7) is 6.70. The van der Waals surface area contributed by atoms with Gasteiger partial charge >= 0.3 is 0 Å². The number of fused-ring (bicyclic) bond motifs is 1. The number of ether oxygens (including phenoxy) is 1. The summed E-state index contributed by atoms with van der Waals surface area (Å²) in [5.74, 6) is 0.683. The van der Waals surface area contributed by atoms with Crippen LogP contribution in [0.3, 0.4) is 0 Å². The maximum Gasteiger partial charge on any atom is 0.263 e. The Morgan fingerprint density at radius 3 is 2.95 bits per heavy atom. The van der Waals surface area contributed by atoms with Crippen molar-refractivity contribution in [3.63, 3.8) is 0 Å². The molecule has 19 heavy (non-hydrogen) atoms. The fourth-order valence-electron chi connectivity index (χ4n) is 2.36. The topological polar surface area (TPSA) is 50.4 Å². The number of para-hydroxylation sites is 2. The molecule has 1 aromatic rings. The van der Waals surface area contributed by atoms with Crippen LogP contribution >= 0.6 is 0 Å². The third-order valence-corrected chi connectivity index (χ3v) is 3.26. The van der Waals surface area contributed by atoms with Gasteiger partial charge in [-0.15, -0.1) is 0 Å². The van der Waals surface area contributed by atoms with Crippen molar-refractivity contribution in [2.75, 3.05) is 11.9 Å². The SMILES string of the molecule is CCCC(C)(C)NC(=O)C1CNc2ccccc2O1. The van der Waals surface area contributed by atoms with E-state index in [1.165, 1.54) is 0 Å². The molecule has 4 nitrogen and oxygen atoms in total. The summed E-state index contributed by atoms with van der Waals surface area (Å²) in [5, 5.41) is 6.28. The molecule has 0 aliphatic carbocycles. The molecule has 2 N–H and O–H groups in total. The van der Waals surface area contributed by atoms with Gasteiger partial charge in [-0.1, -0.05) is 25.5 Å². The highest BCUT2D eigenvalue weighted by Gasteiger charge is 2.29. The van der Waals surface area contributed by atoms with Crippen LogP contribution < -0.4 is 15.4 Å². The second kappa shape index (κ2) is 5.51.